The minimum absolute atomic E-state index is 0.0472. The molecule has 20 heavy (non-hydrogen) atoms. The fraction of sp³-hybridized carbons (Fsp3) is 0.429. The Morgan fingerprint density at radius 2 is 2.20 bits per heavy atom. The van der Waals surface area contributed by atoms with E-state index in [1.54, 1.807) is 23.1 Å². The van der Waals surface area contributed by atoms with Crippen molar-refractivity contribution in [3.63, 3.8) is 0 Å². The Morgan fingerprint density at radius 1 is 1.45 bits per heavy atom. The number of benzene rings is 1. The number of hydrogen-bond acceptors (Lipinski definition) is 4. The van der Waals surface area contributed by atoms with E-state index in [1.165, 1.54) is 14.2 Å². The molecule has 1 saturated heterocycles. The second kappa shape index (κ2) is 6.13. The molecule has 6 heteroatoms. The number of rotatable bonds is 4. The Morgan fingerprint density at radius 3 is 2.75 bits per heavy atom. The summed E-state index contributed by atoms with van der Waals surface area (Å²) in [6.45, 7) is 0.499. The van der Waals surface area contributed by atoms with E-state index >= 15 is 0 Å². The van der Waals surface area contributed by atoms with Gasteiger partial charge >= 0.3 is 5.97 Å². The van der Waals surface area contributed by atoms with Gasteiger partial charge in [0.15, 0.2) is 0 Å². The Bertz CT molecular complexity index is 532. The number of carbonyl (C=O) groups excluding carboxylic acids is 2. The van der Waals surface area contributed by atoms with Crippen molar-refractivity contribution in [2.75, 3.05) is 31.5 Å². The van der Waals surface area contributed by atoms with Crippen LogP contribution < -0.4 is 9.64 Å². The molecule has 1 amide bonds. The number of hydrogen-bond donors (Lipinski definition) is 0. The first-order valence-corrected chi connectivity index (χ1v) is 6.76. The molecular weight excluding hydrogens is 282 g/mol. The van der Waals surface area contributed by atoms with E-state index in [0.29, 0.717) is 35.8 Å². The molecule has 1 aromatic rings. The molecule has 1 heterocycles. The van der Waals surface area contributed by atoms with E-state index in [9.17, 15) is 9.59 Å². The highest BCUT2D eigenvalue weighted by Crippen LogP contribution is 2.32. The Hall–Kier alpha value is -1.75. The van der Waals surface area contributed by atoms with Crippen LogP contribution >= 0.6 is 11.6 Å². The first-order valence-electron chi connectivity index (χ1n) is 6.23. The summed E-state index contributed by atoms with van der Waals surface area (Å²) in [6, 6.07) is 4.93. The zero-order valence-corrected chi connectivity index (χ0v) is 12.1. The number of carbonyl (C=O) groups is 2. The summed E-state index contributed by atoms with van der Waals surface area (Å²) in [6.07, 6.45) is 0.390. The summed E-state index contributed by atoms with van der Waals surface area (Å²) in [5.74, 6) is 0.564. The minimum atomic E-state index is -0.482. The third kappa shape index (κ3) is 2.72. The van der Waals surface area contributed by atoms with E-state index < -0.39 is 5.97 Å². The zero-order chi connectivity index (χ0) is 14.7. The highest BCUT2D eigenvalue weighted by Gasteiger charge is 2.32. The number of nitrogens with zero attached hydrogens (tertiary/aromatic N) is 1. The van der Waals surface area contributed by atoms with Gasteiger partial charge in [-0.1, -0.05) is 0 Å². The van der Waals surface area contributed by atoms with E-state index in [1.807, 2.05) is 0 Å². The van der Waals surface area contributed by atoms with Crippen molar-refractivity contribution in [1.29, 1.82) is 0 Å². The third-order valence-corrected chi connectivity index (χ3v) is 3.76. The van der Waals surface area contributed by atoms with Crippen LogP contribution in [-0.2, 0) is 9.53 Å². The molecule has 0 N–H and O–H groups in total. The van der Waals surface area contributed by atoms with Gasteiger partial charge in [0.05, 0.1) is 25.5 Å². The van der Waals surface area contributed by atoms with Crippen LogP contribution in [0.15, 0.2) is 18.2 Å². The molecule has 1 aliphatic rings. The minimum Gasteiger partial charge on any atom is -0.497 e. The maximum absolute atomic E-state index is 12.1. The molecule has 108 valence electrons. The SMILES string of the molecule is COC(=O)c1ccc(OC)cc1N1CC(CCl)CC1=O. The number of methoxy groups -OCH3 is 2. The third-order valence-electron chi connectivity index (χ3n) is 3.32. The molecule has 1 atom stereocenters. The summed E-state index contributed by atoms with van der Waals surface area (Å²) in [5.41, 5.74) is 0.852. The molecule has 0 spiro atoms. The second-order valence-electron chi connectivity index (χ2n) is 4.60. The molecule has 5 nitrogen and oxygen atoms in total. The summed E-state index contributed by atoms with van der Waals surface area (Å²) >= 11 is 5.82. The van der Waals surface area contributed by atoms with Crippen LogP contribution in [0.25, 0.3) is 0 Å². The molecule has 1 aromatic carbocycles. The normalized spacial score (nSPS) is 18.2. The van der Waals surface area contributed by atoms with Crippen LogP contribution in [0.3, 0.4) is 0 Å². The Labute approximate surface area is 122 Å². The van der Waals surface area contributed by atoms with Crippen LogP contribution in [0.2, 0.25) is 0 Å². The average molecular weight is 298 g/mol. The molecular formula is C14H16ClNO4. The van der Waals surface area contributed by atoms with E-state index in [4.69, 9.17) is 21.1 Å². The smallest absolute Gasteiger partial charge is 0.339 e. The first kappa shape index (κ1) is 14.7. The van der Waals surface area contributed by atoms with Gasteiger partial charge in [-0.05, 0) is 18.1 Å². The van der Waals surface area contributed by atoms with E-state index in [2.05, 4.69) is 0 Å². The first-order chi connectivity index (χ1) is 9.60. The number of amides is 1. The van der Waals surface area contributed by atoms with Crippen molar-refractivity contribution in [3.05, 3.63) is 23.8 Å². The molecule has 0 bridgehead atoms. The van der Waals surface area contributed by atoms with Crippen LogP contribution in [0.1, 0.15) is 16.8 Å². The van der Waals surface area contributed by atoms with Gasteiger partial charge in [0.1, 0.15) is 5.75 Å². The summed E-state index contributed by atoms with van der Waals surface area (Å²) in [4.78, 5) is 25.5. The van der Waals surface area contributed by atoms with Crippen LogP contribution in [0.4, 0.5) is 5.69 Å². The van der Waals surface area contributed by atoms with Crippen LogP contribution in [0, 0.1) is 5.92 Å². The molecule has 1 aliphatic heterocycles. The van der Waals surface area contributed by atoms with Crippen LogP contribution in [0.5, 0.6) is 5.75 Å². The second-order valence-corrected chi connectivity index (χ2v) is 4.91. The van der Waals surface area contributed by atoms with Gasteiger partial charge < -0.3 is 14.4 Å². The van der Waals surface area contributed by atoms with Crippen molar-refractivity contribution in [3.8, 4) is 5.75 Å². The zero-order valence-electron chi connectivity index (χ0n) is 11.4. The molecule has 1 unspecified atom stereocenters. The van der Waals surface area contributed by atoms with Crippen molar-refractivity contribution >= 4 is 29.2 Å². The molecule has 1 fully saturated rings. The van der Waals surface area contributed by atoms with E-state index in [-0.39, 0.29) is 11.8 Å². The Balaban J connectivity index is 2.42. The highest BCUT2D eigenvalue weighted by atomic mass is 35.5. The van der Waals surface area contributed by atoms with Gasteiger partial charge in [0.25, 0.3) is 0 Å². The quantitative estimate of drug-likeness (QED) is 0.631. The van der Waals surface area contributed by atoms with Gasteiger partial charge in [0, 0.05) is 24.9 Å². The molecule has 0 aliphatic carbocycles. The van der Waals surface area contributed by atoms with E-state index in [0.717, 1.165) is 0 Å². The van der Waals surface area contributed by atoms with Crippen molar-refractivity contribution in [2.24, 2.45) is 5.92 Å². The maximum atomic E-state index is 12.1. The lowest BCUT2D eigenvalue weighted by atomic mass is 10.1. The fourth-order valence-electron chi connectivity index (χ4n) is 2.26. The monoisotopic (exact) mass is 297 g/mol. The Kier molecular flexibility index (Phi) is 4.49. The molecule has 0 radical (unpaired) electrons. The number of anilines is 1. The van der Waals surface area contributed by atoms with Gasteiger partial charge in [-0.2, -0.15) is 0 Å². The molecule has 0 saturated carbocycles. The topological polar surface area (TPSA) is 55.8 Å². The number of halogens is 1. The highest BCUT2D eigenvalue weighted by molar-refractivity contribution is 6.18. The fourth-order valence-corrected chi connectivity index (χ4v) is 2.47. The summed E-state index contributed by atoms with van der Waals surface area (Å²) in [5, 5.41) is 0. The molecule has 2 rings (SSSR count). The van der Waals surface area contributed by atoms with Gasteiger partial charge in [-0.3, -0.25) is 4.79 Å². The van der Waals surface area contributed by atoms with Crippen molar-refractivity contribution in [2.45, 2.75) is 6.42 Å². The van der Waals surface area contributed by atoms with Gasteiger partial charge in [-0.25, -0.2) is 4.79 Å². The average Bonchev–Trinajstić information content (AvgIpc) is 2.86. The summed E-state index contributed by atoms with van der Waals surface area (Å²) in [7, 11) is 2.84. The number of esters is 1. The number of ether oxygens (including phenoxy) is 2. The predicted octanol–water partition coefficient (Wildman–Crippen LogP) is 2.07. The number of alkyl halides is 1. The standard InChI is InChI=1S/C14H16ClNO4/c1-19-10-3-4-11(14(18)20-2)12(6-10)16-8-9(7-15)5-13(16)17/h3-4,6,9H,5,7-8H2,1-2H3. The van der Waals surface area contributed by atoms with Gasteiger partial charge in [0.2, 0.25) is 5.91 Å². The van der Waals surface area contributed by atoms with Crippen molar-refractivity contribution in [1.82, 2.24) is 0 Å². The lowest BCUT2D eigenvalue weighted by Gasteiger charge is -2.20. The largest absolute Gasteiger partial charge is 0.497 e. The lowest BCUT2D eigenvalue weighted by molar-refractivity contribution is -0.117. The molecule has 0 aromatic heterocycles. The maximum Gasteiger partial charge on any atom is 0.339 e. The predicted molar refractivity (Wildman–Crippen MR) is 75.5 cm³/mol. The van der Waals surface area contributed by atoms with Gasteiger partial charge in [-0.15, -0.1) is 11.6 Å². The summed E-state index contributed by atoms with van der Waals surface area (Å²) < 4.78 is 9.91. The van der Waals surface area contributed by atoms with Crippen molar-refractivity contribution < 1.29 is 19.1 Å². The lowest BCUT2D eigenvalue weighted by Crippen LogP contribution is -2.27. The van der Waals surface area contributed by atoms with Crippen LogP contribution in [-0.4, -0.2) is 38.5 Å².